The molecule has 0 N–H and O–H groups in total. The standard InChI is InChI=1S/C12H9O4.3C4H9.Sn/c1-15-12(14)10-5-3-2-4-9(10)8-6-11(13)16-7-8;3*1-3-4-2;/h2-5H,7H2,1H3;3*1,3-4H2,2H3;. The zero-order chi connectivity index (χ0) is 21.3. The average molecular weight is 507 g/mol. The number of carbonyl (C=O) groups excluding carboxylic acids is 2. The number of methoxy groups -OCH3 is 1. The van der Waals surface area contributed by atoms with Crippen molar-refractivity contribution >= 4 is 35.9 Å². The summed E-state index contributed by atoms with van der Waals surface area (Å²) in [5.41, 5.74) is 2.32. The van der Waals surface area contributed by atoms with Gasteiger partial charge in [0, 0.05) is 0 Å². The second-order valence-electron chi connectivity index (χ2n) is 8.06. The Morgan fingerprint density at radius 3 is 2.07 bits per heavy atom. The summed E-state index contributed by atoms with van der Waals surface area (Å²) in [6.07, 6.45) is 6.96. The third-order valence-electron chi connectivity index (χ3n) is 6.07. The zero-order valence-electron chi connectivity index (χ0n) is 18.5. The van der Waals surface area contributed by atoms with Gasteiger partial charge < -0.3 is 0 Å². The van der Waals surface area contributed by atoms with Gasteiger partial charge in [-0.15, -0.1) is 0 Å². The van der Waals surface area contributed by atoms with E-state index in [0.717, 1.165) is 34.0 Å². The number of benzene rings is 1. The molecule has 0 radical (unpaired) electrons. The molecular formula is C24H36O4Sn. The Balaban J connectivity index is 2.66. The van der Waals surface area contributed by atoms with Crippen molar-refractivity contribution in [2.45, 2.75) is 72.6 Å². The van der Waals surface area contributed by atoms with Crippen molar-refractivity contribution in [2.75, 3.05) is 13.7 Å². The molecule has 0 aromatic heterocycles. The van der Waals surface area contributed by atoms with Crippen molar-refractivity contribution in [1.29, 1.82) is 0 Å². The number of hydrogen-bond acceptors (Lipinski definition) is 4. The molecule has 1 aromatic rings. The molecule has 4 nitrogen and oxygen atoms in total. The first-order valence-corrected chi connectivity index (χ1v) is 18.6. The van der Waals surface area contributed by atoms with Gasteiger partial charge in [0.05, 0.1) is 0 Å². The predicted octanol–water partition coefficient (Wildman–Crippen LogP) is 6.17. The molecule has 2 rings (SSSR count). The fourth-order valence-electron chi connectivity index (χ4n) is 4.48. The monoisotopic (exact) mass is 508 g/mol. The van der Waals surface area contributed by atoms with Crippen molar-refractivity contribution < 1.29 is 19.1 Å². The maximum atomic E-state index is 13.1. The van der Waals surface area contributed by atoms with E-state index in [1.165, 1.54) is 39.7 Å². The molecule has 0 saturated carbocycles. The Bertz CT molecular complexity index is 716. The first-order chi connectivity index (χ1) is 14.0. The van der Waals surface area contributed by atoms with E-state index in [1.807, 2.05) is 18.2 Å². The molecule has 0 saturated heterocycles. The maximum absolute atomic E-state index is 13.1. The van der Waals surface area contributed by atoms with Crippen LogP contribution in [0.1, 0.15) is 75.2 Å². The molecule has 1 heterocycles. The van der Waals surface area contributed by atoms with Crippen LogP contribution in [-0.2, 0) is 14.3 Å². The van der Waals surface area contributed by atoms with E-state index in [-0.39, 0.29) is 18.5 Å². The van der Waals surface area contributed by atoms with Gasteiger partial charge in [0.25, 0.3) is 0 Å². The molecule has 1 aromatic carbocycles. The number of esters is 2. The summed E-state index contributed by atoms with van der Waals surface area (Å²) in [5, 5.41) is 0. The molecular weight excluding hydrogens is 471 g/mol. The SMILES string of the molecule is CCC[CH2][Sn]([CH2]CCC)([CH2]CCC)[C]1=C(c2ccccc2C(=O)OC)COC1=O. The van der Waals surface area contributed by atoms with Gasteiger partial charge in [-0.05, 0) is 0 Å². The Morgan fingerprint density at radius 1 is 1.00 bits per heavy atom. The third-order valence-corrected chi connectivity index (χ3v) is 21.8. The Hall–Kier alpha value is -1.30. The fourth-order valence-corrected chi connectivity index (χ4v) is 21.4. The molecule has 0 fully saturated rings. The summed E-state index contributed by atoms with van der Waals surface area (Å²) in [7, 11) is 1.40. The van der Waals surface area contributed by atoms with Crippen LogP contribution < -0.4 is 0 Å². The van der Waals surface area contributed by atoms with E-state index in [0.29, 0.717) is 5.56 Å². The quantitative estimate of drug-likeness (QED) is 0.251. The van der Waals surface area contributed by atoms with Crippen LogP contribution in [0.25, 0.3) is 5.57 Å². The van der Waals surface area contributed by atoms with Crippen molar-refractivity contribution in [3.63, 3.8) is 0 Å². The van der Waals surface area contributed by atoms with Crippen LogP contribution in [0.4, 0.5) is 0 Å². The van der Waals surface area contributed by atoms with Gasteiger partial charge in [-0.2, -0.15) is 0 Å². The van der Waals surface area contributed by atoms with Crippen LogP contribution in [-0.4, -0.2) is 44.0 Å². The van der Waals surface area contributed by atoms with E-state index < -0.39 is 18.4 Å². The Labute approximate surface area is 179 Å². The minimum absolute atomic E-state index is 0.112. The molecule has 0 spiro atoms. The molecule has 160 valence electrons. The molecule has 0 aliphatic carbocycles. The first kappa shape index (κ1) is 24.0. The van der Waals surface area contributed by atoms with Crippen LogP contribution >= 0.6 is 0 Å². The summed E-state index contributed by atoms with van der Waals surface area (Å²) < 4.78 is 15.2. The number of hydrogen-bond donors (Lipinski definition) is 0. The number of carbonyl (C=O) groups is 2. The van der Waals surface area contributed by atoms with Crippen LogP contribution in [0.15, 0.2) is 27.9 Å². The van der Waals surface area contributed by atoms with Gasteiger partial charge in [0.2, 0.25) is 0 Å². The van der Waals surface area contributed by atoms with Crippen LogP contribution in [0.3, 0.4) is 0 Å². The van der Waals surface area contributed by atoms with Crippen LogP contribution in [0.2, 0.25) is 13.3 Å². The molecule has 29 heavy (non-hydrogen) atoms. The molecule has 0 amide bonds. The summed E-state index contributed by atoms with van der Waals surface area (Å²) >= 11 is -3.00. The Morgan fingerprint density at radius 2 is 1.55 bits per heavy atom. The Kier molecular flexibility index (Phi) is 9.73. The predicted molar refractivity (Wildman–Crippen MR) is 121 cm³/mol. The van der Waals surface area contributed by atoms with Gasteiger partial charge in [-0.3, -0.25) is 0 Å². The van der Waals surface area contributed by atoms with Gasteiger partial charge >= 0.3 is 180 Å². The molecule has 1 aliphatic heterocycles. The number of unbranched alkanes of at least 4 members (excludes halogenated alkanes) is 3. The number of cyclic esters (lactones) is 1. The van der Waals surface area contributed by atoms with Crippen molar-refractivity contribution in [2.24, 2.45) is 0 Å². The number of ether oxygens (including phenoxy) is 2. The summed E-state index contributed by atoms with van der Waals surface area (Å²) in [6.45, 7) is 6.96. The van der Waals surface area contributed by atoms with Crippen molar-refractivity contribution in [3.05, 3.63) is 39.0 Å². The molecule has 0 unspecified atom stereocenters. The molecule has 5 heteroatoms. The van der Waals surface area contributed by atoms with E-state index >= 15 is 0 Å². The van der Waals surface area contributed by atoms with Crippen molar-refractivity contribution in [1.82, 2.24) is 0 Å². The second kappa shape index (κ2) is 11.8. The zero-order valence-corrected chi connectivity index (χ0v) is 21.4. The van der Waals surface area contributed by atoms with E-state index in [2.05, 4.69) is 20.8 Å². The van der Waals surface area contributed by atoms with Gasteiger partial charge in [0.1, 0.15) is 0 Å². The van der Waals surface area contributed by atoms with Crippen LogP contribution in [0.5, 0.6) is 0 Å². The first-order valence-electron chi connectivity index (χ1n) is 11.1. The average Bonchev–Trinajstić information content (AvgIpc) is 3.15. The van der Waals surface area contributed by atoms with Gasteiger partial charge in [-0.25, -0.2) is 0 Å². The summed E-state index contributed by atoms with van der Waals surface area (Å²) in [4.78, 5) is 25.5. The van der Waals surface area contributed by atoms with Gasteiger partial charge in [-0.1, -0.05) is 0 Å². The molecule has 0 bridgehead atoms. The van der Waals surface area contributed by atoms with E-state index in [1.54, 1.807) is 6.07 Å². The van der Waals surface area contributed by atoms with Crippen molar-refractivity contribution in [3.8, 4) is 0 Å². The summed E-state index contributed by atoms with van der Waals surface area (Å²) in [6, 6.07) is 7.50. The molecule has 1 aliphatic rings. The fraction of sp³-hybridized carbons (Fsp3) is 0.583. The van der Waals surface area contributed by atoms with E-state index in [4.69, 9.17) is 9.47 Å². The third kappa shape index (κ3) is 5.65. The van der Waals surface area contributed by atoms with Gasteiger partial charge in [0.15, 0.2) is 0 Å². The topological polar surface area (TPSA) is 52.6 Å². The summed E-state index contributed by atoms with van der Waals surface area (Å²) in [5.74, 6) is -0.470. The van der Waals surface area contributed by atoms with Crippen LogP contribution in [0, 0.1) is 0 Å². The normalized spacial score (nSPS) is 14.3. The number of rotatable bonds is 12. The van der Waals surface area contributed by atoms with E-state index in [9.17, 15) is 9.59 Å². The molecule has 0 atom stereocenters. The second-order valence-corrected chi connectivity index (χ2v) is 21.1. The minimum atomic E-state index is -3.00.